The molecule has 0 saturated carbocycles. The lowest BCUT2D eigenvalue weighted by Crippen LogP contribution is -2.25. The summed E-state index contributed by atoms with van der Waals surface area (Å²) in [5.74, 6) is 0.848. The average Bonchev–Trinajstić information content (AvgIpc) is 2.92. The molecule has 0 bridgehead atoms. The number of fused-ring (bicyclic) bond motifs is 1. The molecule has 2 aromatic heterocycles. The van der Waals surface area contributed by atoms with Crippen molar-refractivity contribution in [3.63, 3.8) is 0 Å². The summed E-state index contributed by atoms with van der Waals surface area (Å²) in [6, 6.07) is 10.8. The number of rotatable bonds is 2. The number of halogens is 1. The van der Waals surface area contributed by atoms with Crippen LogP contribution in [0.4, 0.5) is 5.82 Å². The van der Waals surface area contributed by atoms with Gasteiger partial charge in [0.1, 0.15) is 5.82 Å². The number of carbonyl (C=O) groups excluding carboxylic acids is 1. The first-order chi connectivity index (χ1) is 12.0. The molecule has 3 aromatic rings. The summed E-state index contributed by atoms with van der Waals surface area (Å²) < 4.78 is 2.51. The Morgan fingerprint density at radius 1 is 1.20 bits per heavy atom. The van der Waals surface area contributed by atoms with E-state index in [-0.39, 0.29) is 17.4 Å². The van der Waals surface area contributed by atoms with Gasteiger partial charge in [-0.25, -0.2) is 5.10 Å². The van der Waals surface area contributed by atoms with Gasteiger partial charge in [-0.05, 0) is 24.6 Å². The van der Waals surface area contributed by atoms with Crippen molar-refractivity contribution in [1.29, 1.82) is 0 Å². The molecule has 7 nitrogen and oxygen atoms in total. The molecule has 8 heteroatoms. The average molecular weight is 400 g/mol. The van der Waals surface area contributed by atoms with Crippen LogP contribution in [-0.2, 0) is 4.79 Å². The van der Waals surface area contributed by atoms with Crippen LogP contribution >= 0.6 is 15.9 Å². The minimum absolute atomic E-state index is 0.0844. The molecule has 1 aliphatic heterocycles. The molecule has 2 N–H and O–H groups in total. The number of aryl methyl sites for hydroxylation is 1. The maximum Gasteiger partial charge on any atom is 0.264 e. The molecule has 0 saturated heterocycles. The minimum Gasteiger partial charge on any atom is -0.310 e. The Hall–Kier alpha value is -2.74. The molecule has 0 spiro atoms. The highest BCUT2D eigenvalue weighted by molar-refractivity contribution is 9.10. The molecule has 4 rings (SSSR count). The van der Waals surface area contributed by atoms with Gasteiger partial charge in [0.25, 0.3) is 5.56 Å². The second-order valence-corrected chi connectivity index (χ2v) is 6.72. The van der Waals surface area contributed by atoms with Crippen LogP contribution in [0.25, 0.3) is 5.82 Å². The number of hydrogen-bond acceptors (Lipinski definition) is 4. The molecular formula is C17H14BrN5O2. The van der Waals surface area contributed by atoms with E-state index in [0.717, 1.165) is 21.3 Å². The molecule has 25 heavy (non-hydrogen) atoms. The number of aromatic nitrogens is 4. The van der Waals surface area contributed by atoms with Gasteiger partial charge in [-0.1, -0.05) is 34.1 Å². The van der Waals surface area contributed by atoms with Crippen LogP contribution in [0.2, 0.25) is 0 Å². The van der Waals surface area contributed by atoms with Crippen LogP contribution in [0.5, 0.6) is 0 Å². The fourth-order valence-corrected chi connectivity index (χ4v) is 3.75. The second-order valence-electron chi connectivity index (χ2n) is 5.87. The Balaban J connectivity index is 1.91. The molecule has 1 aromatic carbocycles. The van der Waals surface area contributed by atoms with Crippen molar-refractivity contribution in [2.45, 2.75) is 19.3 Å². The van der Waals surface area contributed by atoms with Crippen molar-refractivity contribution in [3.05, 3.63) is 68.0 Å². The fourth-order valence-electron chi connectivity index (χ4n) is 3.19. The van der Waals surface area contributed by atoms with Gasteiger partial charge in [0.2, 0.25) is 5.91 Å². The van der Waals surface area contributed by atoms with E-state index in [1.54, 1.807) is 10.7 Å². The van der Waals surface area contributed by atoms with E-state index < -0.39 is 0 Å². The second kappa shape index (κ2) is 5.96. The molecule has 0 fully saturated rings. The first-order valence-corrected chi connectivity index (χ1v) is 8.54. The number of amides is 1. The van der Waals surface area contributed by atoms with Crippen LogP contribution in [0.15, 0.2) is 45.7 Å². The van der Waals surface area contributed by atoms with Gasteiger partial charge in [-0.3, -0.25) is 9.59 Å². The Bertz CT molecular complexity index is 1020. The van der Waals surface area contributed by atoms with Crippen LogP contribution in [0.3, 0.4) is 0 Å². The summed E-state index contributed by atoms with van der Waals surface area (Å²) in [5, 5.41) is 13.8. The standard InChI is InChI=1S/C17H14BrN5O2/c1-9-16-11(10-4-2-3-5-12(10)18)8-15(25)19-17(16)23(22-9)13-6-7-14(24)21-20-13/h2-7,11H,8H2,1H3,(H,19,25)(H,21,24)/t11-/m0/s1. The monoisotopic (exact) mass is 399 g/mol. The molecule has 1 amide bonds. The predicted molar refractivity (Wildman–Crippen MR) is 95.9 cm³/mol. The number of aromatic amines is 1. The maximum atomic E-state index is 12.3. The van der Waals surface area contributed by atoms with Crippen molar-refractivity contribution in [3.8, 4) is 5.82 Å². The van der Waals surface area contributed by atoms with Crippen molar-refractivity contribution < 1.29 is 4.79 Å². The number of H-pyrrole nitrogens is 1. The van der Waals surface area contributed by atoms with E-state index in [4.69, 9.17) is 0 Å². The van der Waals surface area contributed by atoms with Gasteiger partial charge in [-0.15, -0.1) is 0 Å². The highest BCUT2D eigenvalue weighted by Gasteiger charge is 2.33. The molecule has 0 unspecified atom stereocenters. The molecule has 0 aliphatic carbocycles. The van der Waals surface area contributed by atoms with Crippen LogP contribution in [0.1, 0.15) is 29.2 Å². The number of hydrogen-bond donors (Lipinski definition) is 2. The van der Waals surface area contributed by atoms with Crippen molar-refractivity contribution >= 4 is 27.7 Å². The zero-order valence-electron chi connectivity index (χ0n) is 13.3. The Morgan fingerprint density at radius 2 is 2.00 bits per heavy atom. The fraction of sp³-hybridized carbons (Fsp3) is 0.176. The SMILES string of the molecule is Cc1nn(-c2ccc(=O)[nH]n2)c2c1[C@H](c1ccccc1Br)CC(=O)N2. The third-order valence-corrected chi connectivity index (χ3v) is 4.99. The summed E-state index contributed by atoms with van der Waals surface area (Å²) in [6.07, 6.45) is 0.348. The summed E-state index contributed by atoms with van der Waals surface area (Å²) in [6.45, 7) is 1.91. The van der Waals surface area contributed by atoms with Crippen molar-refractivity contribution in [1.82, 2.24) is 20.0 Å². The highest BCUT2D eigenvalue weighted by atomic mass is 79.9. The van der Waals surface area contributed by atoms with Crippen molar-refractivity contribution in [2.75, 3.05) is 5.32 Å². The normalized spacial score (nSPS) is 16.4. The number of anilines is 1. The van der Waals surface area contributed by atoms with E-state index in [0.29, 0.717) is 18.1 Å². The van der Waals surface area contributed by atoms with E-state index in [1.807, 2.05) is 31.2 Å². The maximum absolute atomic E-state index is 12.3. The predicted octanol–water partition coefficient (Wildman–Crippen LogP) is 2.50. The van der Waals surface area contributed by atoms with E-state index in [2.05, 4.69) is 36.5 Å². The lowest BCUT2D eigenvalue weighted by molar-refractivity contribution is -0.116. The van der Waals surface area contributed by atoms with E-state index in [1.165, 1.54) is 6.07 Å². The Labute approximate surface area is 151 Å². The molecule has 0 radical (unpaired) electrons. The zero-order valence-corrected chi connectivity index (χ0v) is 14.9. The van der Waals surface area contributed by atoms with E-state index in [9.17, 15) is 9.59 Å². The van der Waals surface area contributed by atoms with Gasteiger partial charge >= 0.3 is 0 Å². The lowest BCUT2D eigenvalue weighted by Gasteiger charge is -2.25. The Morgan fingerprint density at radius 3 is 2.72 bits per heavy atom. The molecule has 3 heterocycles. The first-order valence-electron chi connectivity index (χ1n) is 7.74. The largest absolute Gasteiger partial charge is 0.310 e. The number of carbonyl (C=O) groups is 1. The Kier molecular flexibility index (Phi) is 3.76. The quantitative estimate of drug-likeness (QED) is 0.692. The van der Waals surface area contributed by atoms with Crippen LogP contribution in [-0.4, -0.2) is 25.9 Å². The molecule has 1 aliphatic rings. The summed E-state index contributed by atoms with van der Waals surface area (Å²) in [5.41, 5.74) is 2.51. The third kappa shape index (κ3) is 2.68. The van der Waals surface area contributed by atoms with Gasteiger partial charge in [0, 0.05) is 28.4 Å². The third-order valence-electron chi connectivity index (χ3n) is 4.26. The zero-order chi connectivity index (χ0) is 17.6. The first kappa shape index (κ1) is 15.8. The van der Waals surface area contributed by atoms with Crippen molar-refractivity contribution in [2.24, 2.45) is 0 Å². The van der Waals surface area contributed by atoms with Gasteiger partial charge in [0.05, 0.1) is 5.69 Å². The number of nitrogens with one attached hydrogen (secondary N) is 2. The van der Waals surface area contributed by atoms with Gasteiger partial charge in [-0.2, -0.15) is 14.9 Å². The molecule has 1 atom stereocenters. The number of benzene rings is 1. The van der Waals surface area contributed by atoms with Gasteiger partial charge in [0.15, 0.2) is 5.82 Å². The minimum atomic E-state index is -0.295. The van der Waals surface area contributed by atoms with Crippen LogP contribution < -0.4 is 10.9 Å². The summed E-state index contributed by atoms with van der Waals surface area (Å²) in [4.78, 5) is 23.6. The van der Waals surface area contributed by atoms with Gasteiger partial charge < -0.3 is 5.32 Å². The smallest absolute Gasteiger partial charge is 0.264 e. The summed E-state index contributed by atoms with van der Waals surface area (Å²) >= 11 is 3.58. The summed E-state index contributed by atoms with van der Waals surface area (Å²) in [7, 11) is 0. The van der Waals surface area contributed by atoms with Crippen LogP contribution in [0, 0.1) is 6.92 Å². The number of nitrogens with zero attached hydrogens (tertiary/aromatic N) is 3. The topological polar surface area (TPSA) is 92.7 Å². The lowest BCUT2D eigenvalue weighted by atomic mass is 9.86. The molecular weight excluding hydrogens is 386 g/mol. The highest BCUT2D eigenvalue weighted by Crippen LogP contribution is 2.41. The van der Waals surface area contributed by atoms with E-state index >= 15 is 0 Å². The molecule has 126 valence electrons.